The highest BCUT2D eigenvalue weighted by Gasteiger charge is 2.17. The average molecular weight is 376 g/mol. The first-order valence-electron chi connectivity index (χ1n) is 5.91. The summed E-state index contributed by atoms with van der Waals surface area (Å²) >= 11 is 15.7. The predicted octanol–water partition coefficient (Wildman–Crippen LogP) is 5.15. The molecule has 0 heterocycles. The number of aryl methyl sites for hydroxylation is 1. The molecule has 0 aliphatic carbocycles. The van der Waals surface area contributed by atoms with Crippen molar-refractivity contribution >= 4 is 39.1 Å². The highest BCUT2D eigenvalue weighted by atomic mass is 79.9. The minimum atomic E-state index is -0.845. The molecule has 1 N–H and O–H groups in total. The van der Waals surface area contributed by atoms with Gasteiger partial charge in [0.05, 0.1) is 17.2 Å². The Morgan fingerprint density at radius 1 is 1.15 bits per heavy atom. The van der Waals surface area contributed by atoms with Crippen LogP contribution in [0.5, 0.6) is 5.75 Å². The summed E-state index contributed by atoms with van der Waals surface area (Å²) in [5, 5.41) is 11.3. The van der Waals surface area contributed by atoms with Gasteiger partial charge in [-0.25, -0.2) is 0 Å². The molecule has 1 unspecified atom stereocenters. The second kappa shape index (κ2) is 6.35. The van der Waals surface area contributed by atoms with Gasteiger partial charge in [0.25, 0.3) is 0 Å². The minimum absolute atomic E-state index is 0.412. The number of halogens is 3. The molecule has 2 aromatic carbocycles. The van der Waals surface area contributed by atoms with Crippen LogP contribution >= 0.6 is 39.1 Å². The van der Waals surface area contributed by atoms with Crippen LogP contribution in [0.3, 0.4) is 0 Å². The van der Waals surface area contributed by atoms with Crippen LogP contribution in [0, 0.1) is 6.92 Å². The van der Waals surface area contributed by atoms with Crippen molar-refractivity contribution in [3.63, 3.8) is 0 Å². The summed E-state index contributed by atoms with van der Waals surface area (Å²) in [7, 11) is 1.52. The van der Waals surface area contributed by atoms with Crippen LogP contribution < -0.4 is 4.74 Å². The molecule has 2 aromatic rings. The van der Waals surface area contributed by atoms with E-state index in [2.05, 4.69) is 15.9 Å². The number of benzene rings is 2. The first-order chi connectivity index (χ1) is 9.43. The number of hydrogen-bond donors (Lipinski definition) is 1. The molecule has 1 atom stereocenters. The molecule has 0 spiro atoms. The second-order valence-electron chi connectivity index (χ2n) is 4.42. The molecule has 106 valence electrons. The van der Waals surface area contributed by atoms with E-state index < -0.39 is 6.10 Å². The molecular weight excluding hydrogens is 363 g/mol. The number of aliphatic hydroxyl groups is 1. The maximum absolute atomic E-state index is 10.5. The van der Waals surface area contributed by atoms with E-state index in [-0.39, 0.29) is 0 Å². The van der Waals surface area contributed by atoms with Crippen molar-refractivity contribution in [2.75, 3.05) is 7.11 Å². The Labute approximate surface area is 136 Å². The molecule has 0 aliphatic rings. The van der Waals surface area contributed by atoms with Gasteiger partial charge in [-0.05, 0) is 30.2 Å². The van der Waals surface area contributed by atoms with Crippen LogP contribution in [0.15, 0.2) is 34.8 Å². The Hall–Kier alpha value is -0.740. The molecular formula is C15H13BrCl2O2. The average Bonchev–Trinajstić information content (AvgIpc) is 2.43. The summed E-state index contributed by atoms with van der Waals surface area (Å²) in [5.74, 6) is 0.484. The first-order valence-corrected chi connectivity index (χ1v) is 7.46. The molecule has 5 heteroatoms. The Kier molecular flexibility index (Phi) is 4.97. The lowest BCUT2D eigenvalue weighted by molar-refractivity contribution is 0.220. The fraction of sp³-hybridized carbons (Fsp3) is 0.200. The van der Waals surface area contributed by atoms with Crippen LogP contribution in [0.1, 0.15) is 22.8 Å². The number of methoxy groups -OCH3 is 1. The van der Waals surface area contributed by atoms with Crippen molar-refractivity contribution in [2.24, 2.45) is 0 Å². The molecule has 2 rings (SSSR count). The maximum atomic E-state index is 10.5. The maximum Gasteiger partial charge on any atom is 0.138 e. The van der Waals surface area contributed by atoms with Crippen molar-refractivity contribution in [1.29, 1.82) is 0 Å². The third-order valence-corrected chi connectivity index (χ3v) is 4.55. The fourth-order valence-electron chi connectivity index (χ4n) is 1.87. The molecule has 0 radical (unpaired) electrons. The van der Waals surface area contributed by atoms with E-state index >= 15 is 0 Å². The summed E-state index contributed by atoms with van der Waals surface area (Å²) in [6.07, 6.45) is -0.845. The van der Waals surface area contributed by atoms with Crippen LogP contribution in [0.2, 0.25) is 10.0 Å². The Bertz CT molecular complexity index is 644. The van der Waals surface area contributed by atoms with E-state index in [0.29, 0.717) is 21.4 Å². The topological polar surface area (TPSA) is 29.5 Å². The Balaban J connectivity index is 2.45. The smallest absolute Gasteiger partial charge is 0.138 e. The van der Waals surface area contributed by atoms with Crippen LogP contribution in [0.4, 0.5) is 0 Å². The predicted molar refractivity (Wildman–Crippen MR) is 86.0 cm³/mol. The van der Waals surface area contributed by atoms with E-state index in [1.807, 2.05) is 25.1 Å². The molecule has 20 heavy (non-hydrogen) atoms. The van der Waals surface area contributed by atoms with Crippen molar-refractivity contribution in [2.45, 2.75) is 13.0 Å². The third-order valence-electron chi connectivity index (χ3n) is 3.08. The largest absolute Gasteiger partial charge is 0.495 e. The monoisotopic (exact) mass is 374 g/mol. The standard InChI is InChI=1S/C15H13BrCl2O2/c1-8-3-4-9(5-11(8)16)15(19)10-6-13(18)14(20-2)7-12(10)17/h3-7,15,19H,1-2H3. The Morgan fingerprint density at radius 3 is 2.45 bits per heavy atom. The van der Waals surface area contributed by atoms with Gasteiger partial charge >= 0.3 is 0 Å². The van der Waals surface area contributed by atoms with Crippen LogP contribution in [-0.4, -0.2) is 12.2 Å². The summed E-state index contributed by atoms with van der Waals surface area (Å²) in [6, 6.07) is 8.89. The lowest BCUT2D eigenvalue weighted by atomic mass is 10.0. The van der Waals surface area contributed by atoms with Crippen LogP contribution in [0.25, 0.3) is 0 Å². The number of rotatable bonds is 3. The van der Waals surface area contributed by atoms with E-state index in [4.69, 9.17) is 27.9 Å². The van der Waals surface area contributed by atoms with Gasteiger partial charge in [-0.1, -0.05) is 51.3 Å². The van der Waals surface area contributed by atoms with Crippen molar-refractivity contribution in [1.82, 2.24) is 0 Å². The van der Waals surface area contributed by atoms with Gasteiger partial charge in [0, 0.05) is 16.1 Å². The van der Waals surface area contributed by atoms with E-state index in [9.17, 15) is 5.11 Å². The van der Waals surface area contributed by atoms with Gasteiger partial charge in [-0.3, -0.25) is 0 Å². The quantitative estimate of drug-likeness (QED) is 0.803. The van der Waals surface area contributed by atoms with Gasteiger partial charge < -0.3 is 9.84 Å². The molecule has 0 aromatic heterocycles. The van der Waals surface area contributed by atoms with Gasteiger partial charge in [0.2, 0.25) is 0 Å². The van der Waals surface area contributed by atoms with Gasteiger partial charge in [0.1, 0.15) is 11.9 Å². The first kappa shape index (κ1) is 15.6. The lowest BCUT2D eigenvalue weighted by Crippen LogP contribution is -2.01. The third kappa shape index (κ3) is 3.12. The highest BCUT2D eigenvalue weighted by molar-refractivity contribution is 9.10. The van der Waals surface area contributed by atoms with Gasteiger partial charge in [-0.15, -0.1) is 0 Å². The fourth-order valence-corrected chi connectivity index (χ4v) is 2.77. The van der Waals surface area contributed by atoms with Crippen LogP contribution in [-0.2, 0) is 0 Å². The van der Waals surface area contributed by atoms with E-state index in [1.54, 1.807) is 12.1 Å². The zero-order valence-electron chi connectivity index (χ0n) is 11.0. The molecule has 0 bridgehead atoms. The normalized spacial score (nSPS) is 12.3. The number of hydrogen-bond acceptors (Lipinski definition) is 2. The lowest BCUT2D eigenvalue weighted by Gasteiger charge is -2.16. The van der Waals surface area contributed by atoms with E-state index in [1.165, 1.54) is 7.11 Å². The molecule has 2 nitrogen and oxygen atoms in total. The van der Waals surface area contributed by atoms with E-state index in [0.717, 1.165) is 15.6 Å². The molecule has 0 saturated carbocycles. The molecule has 0 fully saturated rings. The number of ether oxygens (including phenoxy) is 1. The molecule has 0 aliphatic heterocycles. The van der Waals surface area contributed by atoms with Crippen molar-refractivity contribution in [3.8, 4) is 5.75 Å². The number of aliphatic hydroxyl groups excluding tert-OH is 1. The Morgan fingerprint density at radius 2 is 1.85 bits per heavy atom. The van der Waals surface area contributed by atoms with Crippen molar-refractivity contribution < 1.29 is 9.84 Å². The summed E-state index contributed by atoms with van der Waals surface area (Å²) in [4.78, 5) is 0. The molecule has 0 saturated heterocycles. The van der Waals surface area contributed by atoms with Gasteiger partial charge in [0.15, 0.2) is 0 Å². The summed E-state index contributed by atoms with van der Waals surface area (Å²) < 4.78 is 6.03. The minimum Gasteiger partial charge on any atom is -0.495 e. The summed E-state index contributed by atoms with van der Waals surface area (Å²) in [6.45, 7) is 1.98. The van der Waals surface area contributed by atoms with Crippen molar-refractivity contribution in [3.05, 3.63) is 61.5 Å². The van der Waals surface area contributed by atoms with Gasteiger partial charge in [-0.2, -0.15) is 0 Å². The molecule has 0 amide bonds. The summed E-state index contributed by atoms with van der Waals surface area (Å²) in [5.41, 5.74) is 2.39. The second-order valence-corrected chi connectivity index (χ2v) is 6.09. The zero-order valence-corrected chi connectivity index (χ0v) is 14.1. The SMILES string of the molecule is COc1cc(Cl)c(C(O)c2ccc(C)c(Br)c2)cc1Cl. The zero-order chi connectivity index (χ0) is 14.9. The highest BCUT2D eigenvalue weighted by Crippen LogP contribution is 2.36.